The Kier molecular flexibility index (Phi) is 5.55. The third-order valence-corrected chi connectivity index (χ3v) is 6.38. The van der Waals surface area contributed by atoms with E-state index in [1.807, 2.05) is 66.7 Å². The van der Waals surface area contributed by atoms with Crippen molar-refractivity contribution in [3.63, 3.8) is 0 Å². The summed E-state index contributed by atoms with van der Waals surface area (Å²) in [7, 11) is 0. The van der Waals surface area contributed by atoms with E-state index in [-0.39, 0.29) is 17.6 Å². The summed E-state index contributed by atoms with van der Waals surface area (Å²) in [6, 6.07) is 20.6. The predicted octanol–water partition coefficient (Wildman–Crippen LogP) is 6.74. The van der Waals surface area contributed by atoms with Crippen LogP contribution in [-0.2, 0) is 6.42 Å². The number of amides is 2. The Labute approximate surface area is 203 Å². The average Bonchev–Trinajstić information content (AvgIpc) is 3.34. The van der Waals surface area contributed by atoms with Gasteiger partial charge in [0.05, 0.1) is 12.3 Å². The average molecular weight is 480 g/mol. The quantitative estimate of drug-likeness (QED) is 0.451. The van der Waals surface area contributed by atoms with E-state index in [4.69, 9.17) is 33.0 Å². The Morgan fingerprint density at radius 1 is 1.03 bits per heavy atom. The Bertz CT molecular complexity index is 1240. The summed E-state index contributed by atoms with van der Waals surface area (Å²) in [6.45, 7) is 4.53. The number of anilines is 1. The van der Waals surface area contributed by atoms with Crippen LogP contribution in [0.15, 0.2) is 71.8 Å². The fourth-order valence-electron chi connectivity index (χ4n) is 4.34. The molecule has 1 N–H and O–H groups in total. The summed E-state index contributed by atoms with van der Waals surface area (Å²) in [5, 5.41) is 10.5. The fourth-order valence-corrected chi connectivity index (χ4v) is 4.59. The van der Waals surface area contributed by atoms with Gasteiger partial charge in [0.1, 0.15) is 11.4 Å². The highest BCUT2D eigenvalue weighted by Gasteiger charge is 2.33. The highest BCUT2D eigenvalue weighted by atomic mass is 35.5. The molecule has 7 heteroatoms. The van der Waals surface area contributed by atoms with Crippen molar-refractivity contribution in [1.29, 1.82) is 0 Å². The molecule has 5 nitrogen and oxygen atoms in total. The number of benzene rings is 3. The zero-order valence-corrected chi connectivity index (χ0v) is 19.8. The van der Waals surface area contributed by atoms with Gasteiger partial charge in [-0.1, -0.05) is 47.5 Å². The number of carbonyl (C=O) groups is 1. The van der Waals surface area contributed by atoms with Crippen molar-refractivity contribution in [2.75, 3.05) is 11.9 Å². The van der Waals surface area contributed by atoms with Crippen molar-refractivity contribution >= 4 is 40.6 Å². The van der Waals surface area contributed by atoms with Crippen molar-refractivity contribution < 1.29 is 9.53 Å². The lowest BCUT2D eigenvalue weighted by Gasteiger charge is -2.16. The highest BCUT2D eigenvalue weighted by Crippen LogP contribution is 2.36. The molecule has 3 aromatic rings. The number of urea groups is 1. The number of ether oxygens (including phenoxy) is 1. The van der Waals surface area contributed by atoms with Crippen LogP contribution < -0.4 is 10.1 Å². The van der Waals surface area contributed by atoms with Gasteiger partial charge in [0.15, 0.2) is 0 Å². The Morgan fingerprint density at radius 2 is 1.70 bits per heavy atom. The summed E-state index contributed by atoms with van der Waals surface area (Å²) in [5.74, 6) is 0.786. The van der Waals surface area contributed by atoms with E-state index < -0.39 is 0 Å². The summed E-state index contributed by atoms with van der Waals surface area (Å²) in [5.41, 5.74) is 4.35. The van der Waals surface area contributed by atoms with E-state index in [0.29, 0.717) is 16.6 Å². The van der Waals surface area contributed by atoms with Crippen LogP contribution in [0.2, 0.25) is 10.0 Å². The molecule has 0 aliphatic carbocycles. The van der Waals surface area contributed by atoms with Gasteiger partial charge in [-0.05, 0) is 67.4 Å². The van der Waals surface area contributed by atoms with Crippen molar-refractivity contribution in [1.82, 2.24) is 5.01 Å². The molecule has 5 rings (SSSR count). The Hall–Kier alpha value is -3.02. The molecule has 1 unspecified atom stereocenters. The minimum absolute atomic E-state index is 0.0802. The predicted molar refractivity (Wildman–Crippen MR) is 133 cm³/mol. The van der Waals surface area contributed by atoms with Gasteiger partial charge in [-0.3, -0.25) is 0 Å². The molecule has 168 valence electrons. The van der Waals surface area contributed by atoms with Gasteiger partial charge in [0, 0.05) is 33.6 Å². The third-order valence-electron chi connectivity index (χ3n) is 5.87. The number of nitrogens with one attached hydrogen (secondary N) is 1. The molecule has 2 amide bonds. The number of halogens is 2. The van der Waals surface area contributed by atoms with Crippen LogP contribution in [-0.4, -0.2) is 28.9 Å². The zero-order chi connectivity index (χ0) is 23.2. The van der Waals surface area contributed by atoms with Gasteiger partial charge in [-0.2, -0.15) is 5.10 Å². The Balaban J connectivity index is 1.40. The molecule has 0 aromatic heterocycles. The molecular weight excluding hydrogens is 457 g/mol. The second-order valence-corrected chi connectivity index (χ2v) is 9.84. The topological polar surface area (TPSA) is 53.9 Å². The maximum absolute atomic E-state index is 13.1. The minimum Gasteiger partial charge on any atom is -0.487 e. The number of hydrazone groups is 1. The zero-order valence-electron chi connectivity index (χ0n) is 18.3. The van der Waals surface area contributed by atoms with Crippen LogP contribution in [0.4, 0.5) is 10.5 Å². The van der Waals surface area contributed by atoms with Gasteiger partial charge in [-0.25, -0.2) is 9.80 Å². The first kappa shape index (κ1) is 21.8. The van der Waals surface area contributed by atoms with Crippen LogP contribution >= 0.6 is 23.2 Å². The summed E-state index contributed by atoms with van der Waals surface area (Å²) >= 11 is 12.2. The van der Waals surface area contributed by atoms with E-state index in [0.717, 1.165) is 40.3 Å². The SMILES string of the molecule is CC1(C)Cc2cc(NC(=O)N3CC(c4ccc(Cl)cc4)C(c4ccc(Cl)cc4)=N3)ccc2O1. The Morgan fingerprint density at radius 3 is 2.39 bits per heavy atom. The molecule has 0 spiro atoms. The maximum atomic E-state index is 13.1. The monoisotopic (exact) mass is 479 g/mol. The number of rotatable bonds is 3. The number of hydrogen-bond acceptors (Lipinski definition) is 3. The summed E-state index contributed by atoms with van der Waals surface area (Å²) < 4.78 is 5.93. The molecule has 33 heavy (non-hydrogen) atoms. The lowest BCUT2D eigenvalue weighted by atomic mass is 9.91. The number of fused-ring (bicyclic) bond motifs is 1. The highest BCUT2D eigenvalue weighted by molar-refractivity contribution is 6.31. The van der Waals surface area contributed by atoms with Gasteiger partial charge >= 0.3 is 6.03 Å². The van der Waals surface area contributed by atoms with E-state index in [2.05, 4.69) is 19.2 Å². The van der Waals surface area contributed by atoms with Crippen molar-refractivity contribution in [3.8, 4) is 5.75 Å². The second kappa shape index (κ2) is 8.40. The van der Waals surface area contributed by atoms with E-state index in [1.165, 1.54) is 5.01 Å². The molecular formula is C26H23Cl2N3O2. The lowest BCUT2D eigenvalue weighted by Crippen LogP contribution is -2.30. The molecule has 2 aliphatic rings. The van der Waals surface area contributed by atoms with Gasteiger partial charge < -0.3 is 10.1 Å². The van der Waals surface area contributed by atoms with Crippen molar-refractivity contribution in [3.05, 3.63) is 93.5 Å². The standard InChI is InChI=1S/C26H23Cl2N3O2/c1-26(2)14-18-13-21(11-12-23(18)33-26)29-25(32)31-15-22(16-3-7-19(27)8-4-16)24(30-31)17-5-9-20(28)10-6-17/h3-13,22H,14-15H2,1-2H3,(H,29,32). The van der Waals surface area contributed by atoms with Crippen LogP contribution in [0.5, 0.6) is 5.75 Å². The first-order valence-corrected chi connectivity index (χ1v) is 11.5. The van der Waals surface area contributed by atoms with Gasteiger partial charge in [0.25, 0.3) is 0 Å². The normalized spacial score (nSPS) is 18.5. The summed E-state index contributed by atoms with van der Waals surface area (Å²) in [4.78, 5) is 13.1. The maximum Gasteiger partial charge on any atom is 0.342 e. The van der Waals surface area contributed by atoms with Crippen LogP contribution in [0, 0.1) is 0 Å². The molecule has 1 atom stereocenters. The van der Waals surface area contributed by atoms with E-state index >= 15 is 0 Å². The second-order valence-electron chi connectivity index (χ2n) is 8.97. The first-order chi connectivity index (χ1) is 15.8. The molecule has 2 heterocycles. The number of carbonyl (C=O) groups excluding carboxylic acids is 1. The largest absolute Gasteiger partial charge is 0.487 e. The van der Waals surface area contributed by atoms with Crippen molar-refractivity contribution in [2.45, 2.75) is 31.8 Å². The van der Waals surface area contributed by atoms with Crippen LogP contribution in [0.3, 0.4) is 0 Å². The fraction of sp³-hybridized carbons (Fsp3) is 0.231. The van der Waals surface area contributed by atoms with Gasteiger partial charge in [-0.15, -0.1) is 0 Å². The third kappa shape index (κ3) is 4.56. The molecule has 0 fully saturated rings. The molecule has 3 aromatic carbocycles. The molecule has 0 saturated carbocycles. The molecule has 0 radical (unpaired) electrons. The molecule has 2 aliphatic heterocycles. The minimum atomic E-state index is -0.281. The van der Waals surface area contributed by atoms with E-state index in [1.54, 1.807) is 0 Å². The molecule has 0 bridgehead atoms. The lowest BCUT2D eigenvalue weighted by molar-refractivity contribution is 0.138. The van der Waals surface area contributed by atoms with Crippen LogP contribution in [0.25, 0.3) is 0 Å². The number of nitrogens with zero attached hydrogens (tertiary/aromatic N) is 2. The van der Waals surface area contributed by atoms with Gasteiger partial charge in [0.2, 0.25) is 0 Å². The number of hydrogen-bond donors (Lipinski definition) is 1. The molecule has 0 saturated heterocycles. The smallest absolute Gasteiger partial charge is 0.342 e. The van der Waals surface area contributed by atoms with E-state index in [9.17, 15) is 4.79 Å². The van der Waals surface area contributed by atoms with Crippen molar-refractivity contribution in [2.24, 2.45) is 5.10 Å². The first-order valence-electron chi connectivity index (χ1n) is 10.8. The van der Waals surface area contributed by atoms with Crippen LogP contribution in [0.1, 0.15) is 36.5 Å². The summed E-state index contributed by atoms with van der Waals surface area (Å²) in [6.07, 6.45) is 0.799.